The zero-order chi connectivity index (χ0) is 34.2. The molecule has 3 rings (SSSR count). The molecule has 1 unspecified atom stereocenters. The number of carbonyl (C=O) groups is 2. The molecule has 0 heterocycles. The van der Waals surface area contributed by atoms with Gasteiger partial charge in [0.1, 0.15) is 24.1 Å². The summed E-state index contributed by atoms with van der Waals surface area (Å²) in [5.41, 5.74) is 0.425. The first-order valence-electron chi connectivity index (χ1n) is 14.3. The van der Waals surface area contributed by atoms with E-state index >= 15 is 0 Å². The van der Waals surface area contributed by atoms with Crippen LogP contribution >= 0.6 is 23.2 Å². The Labute approximate surface area is 280 Å². The minimum Gasteiger partial charge on any atom is -0.497 e. The summed E-state index contributed by atoms with van der Waals surface area (Å²) in [6.07, 6.45) is 0. The van der Waals surface area contributed by atoms with E-state index in [2.05, 4.69) is 5.32 Å². The average molecular weight is 697 g/mol. The van der Waals surface area contributed by atoms with Crippen LogP contribution in [0.4, 0.5) is 5.69 Å². The van der Waals surface area contributed by atoms with Gasteiger partial charge in [0.25, 0.3) is 10.0 Å². The zero-order valence-corrected chi connectivity index (χ0v) is 29.1. The van der Waals surface area contributed by atoms with E-state index in [4.69, 9.17) is 42.1 Å². The first-order chi connectivity index (χ1) is 21.8. The van der Waals surface area contributed by atoms with Crippen LogP contribution in [0.5, 0.6) is 23.0 Å². The molecule has 0 fully saturated rings. The standard InChI is InChI=1S/C32H39Cl2N3O8S/c1-20(2)17-35-32(39)21(3)36(18-24-25(33)9-8-10-26(24)34)31(38)19-37(27-15-22(42-4)11-13-28(27)43-5)46(40,41)23-12-14-29(44-6)30(16-23)45-7/h8-16,20-21H,17-19H2,1-7H3,(H,35,39). The van der Waals surface area contributed by atoms with Crippen molar-refractivity contribution >= 4 is 50.7 Å². The highest BCUT2D eigenvalue weighted by Gasteiger charge is 2.35. The summed E-state index contributed by atoms with van der Waals surface area (Å²) < 4.78 is 51.2. The van der Waals surface area contributed by atoms with Crippen LogP contribution in [0.2, 0.25) is 10.0 Å². The predicted octanol–water partition coefficient (Wildman–Crippen LogP) is 5.41. The molecule has 1 N–H and O–H groups in total. The minimum absolute atomic E-state index is 0.0256. The Hall–Kier alpha value is -3.87. The molecule has 0 aromatic heterocycles. The summed E-state index contributed by atoms with van der Waals surface area (Å²) in [4.78, 5) is 28.7. The molecule has 0 aliphatic carbocycles. The van der Waals surface area contributed by atoms with Crippen LogP contribution in [0.1, 0.15) is 26.3 Å². The van der Waals surface area contributed by atoms with Gasteiger partial charge in [-0.3, -0.25) is 13.9 Å². The van der Waals surface area contributed by atoms with Crippen molar-refractivity contribution in [3.8, 4) is 23.0 Å². The van der Waals surface area contributed by atoms with Gasteiger partial charge in [-0.1, -0.05) is 43.1 Å². The van der Waals surface area contributed by atoms with Crippen LogP contribution in [0, 0.1) is 5.92 Å². The van der Waals surface area contributed by atoms with E-state index in [0.717, 1.165) is 4.31 Å². The molecule has 0 saturated heterocycles. The maximum Gasteiger partial charge on any atom is 0.265 e. The third-order valence-electron chi connectivity index (χ3n) is 7.12. The van der Waals surface area contributed by atoms with Crippen LogP contribution in [0.3, 0.4) is 0 Å². The Balaban J connectivity index is 2.19. The Morgan fingerprint density at radius 1 is 0.826 bits per heavy atom. The molecule has 46 heavy (non-hydrogen) atoms. The number of rotatable bonds is 15. The van der Waals surface area contributed by atoms with Crippen LogP contribution < -0.4 is 28.6 Å². The number of nitrogens with zero attached hydrogens (tertiary/aromatic N) is 2. The molecule has 2 amide bonds. The number of anilines is 1. The van der Waals surface area contributed by atoms with Crippen molar-refractivity contribution in [1.82, 2.24) is 10.2 Å². The highest BCUT2D eigenvalue weighted by molar-refractivity contribution is 7.92. The Kier molecular flexibility index (Phi) is 12.8. The third kappa shape index (κ3) is 8.48. The molecule has 1 atom stereocenters. The van der Waals surface area contributed by atoms with Gasteiger partial charge in [0.2, 0.25) is 11.8 Å². The minimum atomic E-state index is -4.49. The normalized spacial score (nSPS) is 11.9. The van der Waals surface area contributed by atoms with Gasteiger partial charge in [-0.05, 0) is 49.2 Å². The number of sulfonamides is 1. The van der Waals surface area contributed by atoms with E-state index in [-0.39, 0.29) is 44.6 Å². The van der Waals surface area contributed by atoms with Crippen LogP contribution in [-0.2, 0) is 26.2 Å². The number of amides is 2. The second-order valence-corrected chi connectivity index (χ2v) is 13.3. The van der Waals surface area contributed by atoms with Gasteiger partial charge in [-0.15, -0.1) is 0 Å². The first-order valence-corrected chi connectivity index (χ1v) is 16.4. The van der Waals surface area contributed by atoms with Crippen LogP contribution in [0.25, 0.3) is 0 Å². The zero-order valence-electron chi connectivity index (χ0n) is 26.8. The van der Waals surface area contributed by atoms with Gasteiger partial charge in [0.15, 0.2) is 11.5 Å². The lowest BCUT2D eigenvalue weighted by molar-refractivity contribution is -0.139. The van der Waals surface area contributed by atoms with Crippen molar-refractivity contribution in [2.24, 2.45) is 5.92 Å². The highest BCUT2D eigenvalue weighted by atomic mass is 35.5. The number of ether oxygens (including phenoxy) is 4. The number of halogens is 2. The Morgan fingerprint density at radius 3 is 2.00 bits per heavy atom. The highest BCUT2D eigenvalue weighted by Crippen LogP contribution is 2.38. The van der Waals surface area contributed by atoms with Crippen molar-refractivity contribution in [2.45, 2.75) is 38.3 Å². The lowest BCUT2D eigenvalue weighted by Crippen LogP contribution is -2.51. The maximum absolute atomic E-state index is 14.4. The number of hydrogen-bond acceptors (Lipinski definition) is 8. The van der Waals surface area contributed by atoms with Crippen molar-refractivity contribution < 1.29 is 37.0 Å². The summed E-state index contributed by atoms with van der Waals surface area (Å²) in [6, 6.07) is 12.5. The summed E-state index contributed by atoms with van der Waals surface area (Å²) in [5, 5.41) is 3.40. The molecule has 0 bridgehead atoms. The van der Waals surface area contributed by atoms with Gasteiger partial charge >= 0.3 is 0 Å². The molecule has 3 aromatic rings. The van der Waals surface area contributed by atoms with Gasteiger partial charge < -0.3 is 29.2 Å². The van der Waals surface area contributed by atoms with E-state index in [9.17, 15) is 18.0 Å². The second kappa shape index (κ2) is 16.1. The molecule has 11 nitrogen and oxygen atoms in total. The molecule has 3 aromatic carbocycles. The van der Waals surface area contributed by atoms with Crippen molar-refractivity contribution in [3.05, 3.63) is 70.2 Å². The Morgan fingerprint density at radius 2 is 1.43 bits per heavy atom. The summed E-state index contributed by atoms with van der Waals surface area (Å²) >= 11 is 12.9. The lowest BCUT2D eigenvalue weighted by Gasteiger charge is -2.33. The fourth-order valence-corrected chi connectivity index (χ4v) is 6.45. The SMILES string of the molecule is COc1ccc(OC)c(N(CC(=O)N(Cc2c(Cl)cccc2Cl)C(C)C(=O)NCC(C)C)S(=O)(=O)c2ccc(OC)c(OC)c2)c1. The number of methoxy groups -OCH3 is 4. The largest absolute Gasteiger partial charge is 0.497 e. The van der Waals surface area contributed by atoms with Gasteiger partial charge in [-0.25, -0.2) is 8.42 Å². The molecule has 0 radical (unpaired) electrons. The molecule has 14 heteroatoms. The molecular formula is C32H39Cl2N3O8S. The molecule has 0 aliphatic heterocycles. The topological polar surface area (TPSA) is 124 Å². The van der Waals surface area contributed by atoms with E-state index in [0.29, 0.717) is 23.6 Å². The second-order valence-electron chi connectivity index (χ2n) is 10.6. The molecule has 0 saturated carbocycles. The lowest BCUT2D eigenvalue weighted by atomic mass is 10.1. The van der Waals surface area contributed by atoms with E-state index < -0.39 is 34.4 Å². The molecule has 0 spiro atoms. The van der Waals surface area contributed by atoms with Crippen LogP contribution in [0.15, 0.2) is 59.5 Å². The summed E-state index contributed by atoms with van der Waals surface area (Å²) in [5.74, 6) is -0.0421. The van der Waals surface area contributed by atoms with Crippen molar-refractivity contribution in [1.29, 1.82) is 0 Å². The predicted molar refractivity (Wildman–Crippen MR) is 178 cm³/mol. The van der Waals surface area contributed by atoms with E-state index in [1.165, 1.54) is 63.7 Å². The average Bonchev–Trinajstić information content (AvgIpc) is 3.04. The number of benzene rings is 3. The van der Waals surface area contributed by atoms with Gasteiger partial charge in [0.05, 0.1) is 39.0 Å². The number of carbonyl (C=O) groups excluding carboxylic acids is 2. The fraction of sp³-hybridized carbons (Fsp3) is 0.375. The first kappa shape index (κ1) is 36.6. The fourth-order valence-electron chi connectivity index (χ4n) is 4.50. The monoisotopic (exact) mass is 695 g/mol. The summed E-state index contributed by atoms with van der Waals surface area (Å²) in [7, 11) is 1.12. The smallest absolute Gasteiger partial charge is 0.265 e. The number of nitrogens with one attached hydrogen (secondary N) is 1. The number of hydrogen-bond donors (Lipinski definition) is 1. The molecule has 0 aliphatic rings. The molecular weight excluding hydrogens is 657 g/mol. The maximum atomic E-state index is 14.4. The quantitative estimate of drug-likeness (QED) is 0.224. The van der Waals surface area contributed by atoms with Crippen molar-refractivity contribution in [3.63, 3.8) is 0 Å². The Bertz CT molecular complexity index is 1630. The van der Waals surface area contributed by atoms with Crippen molar-refractivity contribution in [2.75, 3.05) is 45.8 Å². The third-order valence-corrected chi connectivity index (χ3v) is 9.58. The van der Waals surface area contributed by atoms with Gasteiger partial charge in [-0.2, -0.15) is 0 Å². The van der Waals surface area contributed by atoms with E-state index in [1.807, 2.05) is 13.8 Å². The molecule has 250 valence electrons. The summed E-state index contributed by atoms with van der Waals surface area (Å²) in [6.45, 7) is 4.90. The van der Waals surface area contributed by atoms with Crippen LogP contribution in [-0.4, -0.2) is 72.7 Å². The van der Waals surface area contributed by atoms with E-state index in [1.54, 1.807) is 31.2 Å². The van der Waals surface area contributed by atoms with Gasteiger partial charge in [0, 0.05) is 40.8 Å².